The Morgan fingerprint density at radius 3 is 2.86 bits per heavy atom. The molecule has 1 aliphatic rings. The number of aromatic carboxylic acids is 1. The molecule has 0 fully saturated rings. The molecule has 3 aromatic rings. The van der Waals surface area contributed by atoms with Crippen molar-refractivity contribution >= 4 is 5.97 Å². The van der Waals surface area contributed by atoms with Crippen LogP contribution in [0.5, 0.6) is 5.75 Å². The van der Waals surface area contributed by atoms with Gasteiger partial charge in [0.2, 0.25) is 0 Å². The molecule has 4 nitrogen and oxygen atoms in total. The fourth-order valence-corrected chi connectivity index (χ4v) is 3.93. The number of aromatic nitrogens is 1. The molecule has 1 atom stereocenters. The molecule has 0 saturated heterocycles. The molecular formula is C24H23NO3. The molecule has 0 bridgehead atoms. The molecule has 1 N–H and O–H groups in total. The standard InChI is InChI=1S/C24H23NO3/c1-16-3-2-4-18(13-16)19-7-8-21-17(10-12-28-23(21)14-19)5-6-20-15-25-11-9-22(20)24(26)27/h2-4,7-9,11,13-15,17H,5-6,10,12H2,1H3,(H,26,27)/t17-/m0/s1. The molecule has 0 unspecified atom stereocenters. The fraction of sp³-hybridized carbons (Fsp3) is 0.250. The van der Waals surface area contributed by atoms with Crippen molar-refractivity contribution in [1.82, 2.24) is 4.98 Å². The highest BCUT2D eigenvalue weighted by atomic mass is 16.5. The Hall–Kier alpha value is -3.14. The van der Waals surface area contributed by atoms with E-state index in [1.54, 1.807) is 12.3 Å². The average Bonchev–Trinajstić information content (AvgIpc) is 2.72. The van der Waals surface area contributed by atoms with Crippen LogP contribution in [0.15, 0.2) is 60.9 Å². The van der Waals surface area contributed by atoms with E-state index >= 15 is 0 Å². The van der Waals surface area contributed by atoms with Gasteiger partial charge in [0.05, 0.1) is 12.2 Å². The molecule has 142 valence electrons. The maximum atomic E-state index is 11.4. The average molecular weight is 373 g/mol. The minimum atomic E-state index is -0.896. The highest BCUT2D eigenvalue weighted by Gasteiger charge is 2.22. The van der Waals surface area contributed by atoms with Crippen molar-refractivity contribution in [2.75, 3.05) is 6.61 Å². The fourth-order valence-electron chi connectivity index (χ4n) is 3.93. The smallest absolute Gasteiger partial charge is 0.336 e. The van der Waals surface area contributed by atoms with E-state index in [1.165, 1.54) is 22.9 Å². The number of aryl methyl sites for hydroxylation is 2. The molecule has 28 heavy (non-hydrogen) atoms. The van der Waals surface area contributed by atoms with Crippen LogP contribution in [0.25, 0.3) is 11.1 Å². The predicted octanol–water partition coefficient (Wildman–Crippen LogP) is 5.25. The lowest BCUT2D eigenvalue weighted by atomic mass is 9.86. The summed E-state index contributed by atoms with van der Waals surface area (Å²) >= 11 is 0. The number of hydrogen-bond acceptors (Lipinski definition) is 3. The minimum absolute atomic E-state index is 0.345. The number of carboxylic acids is 1. The summed E-state index contributed by atoms with van der Waals surface area (Å²) in [5, 5.41) is 9.37. The van der Waals surface area contributed by atoms with Crippen molar-refractivity contribution < 1.29 is 14.6 Å². The summed E-state index contributed by atoms with van der Waals surface area (Å²) in [4.78, 5) is 15.5. The van der Waals surface area contributed by atoms with Crippen LogP contribution in [-0.2, 0) is 6.42 Å². The molecular weight excluding hydrogens is 350 g/mol. The first-order chi connectivity index (χ1) is 13.6. The Bertz CT molecular complexity index is 1010. The van der Waals surface area contributed by atoms with Crippen molar-refractivity contribution in [2.45, 2.75) is 32.1 Å². The zero-order chi connectivity index (χ0) is 19.5. The Kier molecular flexibility index (Phi) is 5.11. The van der Waals surface area contributed by atoms with Crippen LogP contribution in [0.4, 0.5) is 0 Å². The lowest BCUT2D eigenvalue weighted by Crippen LogP contribution is -2.15. The first kappa shape index (κ1) is 18.2. The molecule has 0 amide bonds. The number of rotatable bonds is 5. The highest BCUT2D eigenvalue weighted by Crippen LogP contribution is 2.39. The summed E-state index contributed by atoms with van der Waals surface area (Å²) in [5.74, 6) is 0.407. The second-order valence-corrected chi connectivity index (χ2v) is 7.33. The molecule has 0 spiro atoms. The Balaban J connectivity index is 1.55. The van der Waals surface area contributed by atoms with Crippen LogP contribution in [0.2, 0.25) is 0 Å². The van der Waals surface area contributed by atoms with Crippen molar-refractivity contribution in [3.63, 3.8) is 0 Å². The van der Waals surface area contributed by atoms with Crippen molar-refractivity contribution in [3.8, 4) is 16.9 Å². The molecule has 1 aromatic heterocycles. The van der Waals surface area contributed by atoms with Gasteiger partial charge in [0.25, 0.3) is 0 Å². The Morgan fingerprint density at radius 1 is 1.18 bits per heavy atom. The van der Waals surface area contributed by atoms with E-state index in [0.29, 0.717) is 24.5 Å². The maximum Gasteiger partial charge on any atom is 0.336 e. The number of carbonyl (C=O) groups is 1. The third-order valence-corrected chi connectivity index (χ3v) is 5.42. The molecule has 4 heteroatoms. The molecule has 4 rings (SSSR count). The lowest BCUT2D eigenvalue weighted by molar-refractivity contribution is 0.0695. The van der Waals surface area contributed by atoms with Crippen LogP contribution in [0, 0.1) is 6.92 Å². The summed E-state index contributed by atoms with van der Waals surface area (Å²) in [6, 6.07) is 16.5. The number of nitrogens with zero attached hydrogens (tertiary/aromatic N) is 1. The number of ether oxygens (including phenoxy) is 1. The van der Waals surface area contributed by atoms with Gasteiger partial charge in [0.1, 0.15) is 5.75 Å². The zero-order valence-corrected chi connectivity index (χ0v) is 15.9. The first-order valence-corrected chi connectivity index (χ1v) is 9.62. The first-order valence-electron chi connectivity index (χ1n) is 9.62. The van der Waals surface area contributed by atoms with Crippen molar-refractivity contribution in [1.29, 1.82) is 0 Å². The van der Waals surface area contributed by atoms with Crippen molar-refractivity contribution in [3.05, 3.63) is 83.2 Å². The monoisotopic (exact) mass is 373 g/mol. The Morgan fingerprint density at radius 2 is 2.04 bits per heavy atom. The highest BCUT2D eigenvalue weighted by molar-refractivity contribution is 5.89. The van der Waals surface area contributed by atoms with Gasteiger partial charge in [-0.15, -0.1) is 0 Å². The van der Waals surface area contributed by atoms with Gasteiger partial charge in [0.15, 0.2) is 0 Å². The Labute approximate surface area is 164 Å². The molecule has 2 aromatic carbocycles. The minimum Gasteiger partial charge on any atom is -0.493 e. The van der Waals surface area contributed by atoms with Gasteiger partial charge in [0, 0.05) is 12.4 Å². The van der Waals surface area contributed by atoms with E-state index in [-0.39, 0.29) is 0 Å². The van der Waals surface area contributed by atoms with E-state index in [4.69, 9.17) is 4.74 Å². The van der Waals surface area contributed by atoms with Crippen LogP contribution < -0.4 is 4.74 Å². The van der Waals surface area contributed by atoms with Gasteiger partial charge >= 0.3 is 5.97 Å². The van der Waals surface area contributed by atoms with Crippen LogP contribution in [0.1, 0.15) is 45.8 Å². The number of fused-ring (bicyclic) bond motifs is 1. The molecule has 2 heterocycles. The van der Waals surface area contributed by atoms with Gasteiger partial charge in [-0.2, -0.15) is 0 Å². The largest absolute Gasteiger partial charge is 0.493 e. The van der Waals surface area contributed by atoms with Gasteiger partial charge in [-0.1, -0.05) is 42.0 Å². The van der Waals surface area contributed by atoms with Gasteiger partial charge < -0.3 is 9.84 Å². The third-order valence-electron chi connectivity index (χ3n) is 5.42. The normalized spacial score (nSPS) is 15.5. The number of pyridine rings is 1. The van der Waals surface area contributed by atoms with Crippen LogP contribution >= 0.6 is 0 Å². The summed E-state index contributed by atoms with van der Waals surface area (Å²) in [7, 11) is 0. The van der Waals surface area contributed by atoms with E-state index in [1.807, 2.05) is 0 Å². The maximum absolute atomic E-state index is 11.4. The topological polar surface area (TPSA) is 59.4 Å². The van der Waals surface area contributed by atoms with E-state index < -0.39 is 5.97 Å². The second kappa shape index (κ2) is 7.85. The molecule has 0 radical (unpaired) electrons. The molecule has 0 saturated carbocycles. The summed E-state index contributed by atoms with van der Waals surface area (Å²) in [6.07, 6.45) is 5.72. The van der Waals surface area contributed by atoms with Crippen LogP contribution in [-0.4, -0.2) is 22.7 Å². The third kappa shape index (κ3) is 3.77. The number of carboxylic acid groups (broad SMARTS) is 1. The zero-order valence-electron chi connectivity index (χ0n) is 15.9. The van der Waals surface area contributed by atoms with E-state index in [2.05, 4.69) is 54.4 Å². The summed E-state index contributed by atoms with van der Waals surface area (Å²) in [6.45, 7) is 2.78. The number of benzene rings is 2. The van der Waals surface area contributed by atoms with E-state index in [9.17, 15) is 9.90 Å². The predicted molar refractivity (Wildman–Crippen MR) is 109 cm³/mol. The van der Waals surface area contributed by atoms with Gasteiger partial charge in [-0.05, 0) is 66.5 Å². The summed E-state index contributed by atoms with van der Waals surface area (Å²) in [5.41, 5.74) is 5.93. The van der Waals surface area contributed by atoms with E-state index in [0.717, 1.165) is 29.7 Å². The van der Waals surface area contributed by atoms with Crippen molar-refractivity contribution in [2.24, 2.45) is 0 Å². The van der Waals surface area contributed by atoms with Crippen LogP contribution in [0.3, 0.4) is 0 Å². The number of hydrogen-bond donors (Lipinski definition) is 1. The lowest BCUT2D eigenvalue weighted by Gasteiger charge is -2.26. The summed E-state index contributed by atoms with van der Waals surface area (Å²) < 4.78 is 5.95. The molecule has 0 aliphatic carbocycles. The SMILES string of the molecule is Cc1cccc(-c2ccc3c(c2)OCC[C@@H]3CCc2cnccc2C(=O)O)c1. The quantitative estimate of drug-likeness (QED) is 0.663. The van der Waals surface area contributed by atoms with Gasteiger partial charge in [-0.25, -0.2) is 4.79 Å². The molecule has 1 aliphatic heterocycles. The second-order valence-electron chi connectivity index (χ2n) is 7.33. The van der Waals surface area contributed by atoms with Gasteiger partial charge in [-0.3, -0.25) is 4.98 Å².